The number of imidazole rings is 1. The van der Waals surface area contributed by atoms with Crippen molar-refractivity contribution in [3.8, 4) is 0 Å². The van der Waals surface area contributed by atoms with Crippen molar-refractivity contribution in [2.24, 2.45) is 39.7 Å². The van der Waals surface area contributed by atoms with E-state index in [1.54, 1.807) is 42.7 Å². The Balaban J connectivity index is 1.23. The number of guanidine groups is 1. The van der Waals surface area contributed by atoms with E-state index < -0.39 is 41.0 Å². The maximum absolute atomic E-state index is 13.9. The smallest absolute Gasteiger partial charge is 0.341 e. The number of aliphatic imine (C=N–C) groups is 2. The van der Waals surface area contributed by atoms with Crippen LogP contribution in [0.4, 0.5) is 0 Å². The molecule has 2 aliphatic carbocycles. The molecular weight excluding hydrogens is 731 g/mol. The molecule has 57 heavy (non-hydrogen) atoms. The van der Waals surface area contributed by atoms with E-state index in [9.17, 15) is 24.6 Å². The monoisotopic (exact) mass is 785 g/mol. The van der Waals surface area contributed by atoms with Crippen molar-refractivity contribution in [1.29, 1.82) is 0 Å². The van der Waals surface area contributed by atoms with Crippen LogP contribution < -0.4 is 16.0 Å². The molecule has 2 aromatic heterocycles. The number of nitrogens with one attached hydrogen (secondary N) is 3. The van der Waals surface area contributed by atoms with Crippen LogP contribution in [0.1, 0.15) is 58.9 Å². The van der Waals surface area contributed by atoms with Crippen molar-refractivity contribution in [2.45, 2.75) is 83.6 Å². The van der Waals surface area contributed by atoms with Gasteiger partial charge in [-0.1, -0.05) is 26.0 Å². The molecular formula is C41H55N9O7. The summed E-state index contributed by atoms with van der Waals surface area (Å²) in [5.74, 6) is -0.882. The van der Waals surface area contributed by atoms with E-state index in [1.807, 2.05) is 31.5 Å². The summed E-state index contributed by atoms with van der Waals surface area (Å²) in [5.41, 5.74) is 2.01. The average Bonchev–Trinajstić information content (AvgIpc) is 3.95. The first kappa shape index (κ1) is 40.6. The third-order valence-electron chi connectivity index (χ3n) is 13.0. The van der Waals surface area contributed by atoms with E-state index in [2.05, 4.69) is 49.4 Å². The first-order valence-corrected chi connectivity index (χ1v) is 19.9. The van der Waals surface area contributed by atoms with Crippen molar-refractivity contribution in [3.63, 3.8) is 0 Å². The molecule has 0 bridgehead atoms. The Morgan fingerprint density at radius 1 is 1.18 bits per heavy atom. The van der Waals surface area contributed by atoms with Gasteiger partial charge in [0.15, 0.2) is 5.65 Å². The van der Waals surface area contributed by atoms with Crippen LogP contribution in [0.3, 0.4) is 0 Å². The topological polar surface area (TPSA) is 205 Å². The molecule has 16 heteroatoms. The lowest BCUT2D eigenvalue weighted by Gasteiger charge is -2.62. The molecule has 2 aromatic rings. The SMILES string of the molecule is C=C1C(NC(C)C(=O)N2CCOCC2)CC2[C@](C)(CC[C@@H](O)[C@@]2(C)CO)C1CC(NC(C)C(=O)NC1=NCC=N1)C1=C/C(=C\c2cnc3c(c2)ncn3C)OC1=O. The lowest BCUT2D eigenvalue weighted by Crippen LogP contribution is -2.63. The largest absolute Gasteiger partial charge is 0.423 e. The highest BCUT2D eigenvalue weighted by molar-refractivity contribution is 6.04. The number of hydrogen-bond acceptors (Lipinski definition) is 13. The zero-order valence-corrected chi connectivity index (χ0v) is 33.4. The van der Waals surface area contributed by atoms with E-state index >= 15 is 0 Å². The van der Waals surface area contributed by atoms with Crippen LogP contribution in [0, 0.1) is 22.7 Å². The summed E-state index contributed by atoms with van der Waals surface area (Å²) in [4.78, 5) is 60.1. The molecule has 5 heterocycles. The number of carbonyl (C=O) groups is 3. The summed E-state index contributed by atoms with van der Waals surface area (Å²) in [7, 11) is 1.87. The summed E-state index contributed by atoms with van der Waals surface area (Å²) in [6.45, 7) is 14.5. The summed E-state index contributed by atoms with van der Waals surface area (Å²) < 4.78 is 13.1. The molecule has 0 spiro atoms. The van der Waals surface area contributed by atoms with Gasteiger partial charge in [-0.05, 0) is 80.6 Å². The molecule has 16 nitrogen and oxygen atoms in total. The number of ether oxygens (including phenoxy) is 2. The number of aliphatic hydroxyl groups is 2. The molecule has 0 radical (unpaired) electrons. The second kappa shape index (κ2) is 16.3. The van der Waals surface area contributed by atoms with E-state index in [0.717, 1.165) is 11.2 Å². The van der Waals surface area contributed by atoms with Crippen LogP contribution in [0.2, 0.25) is 0 Å². The molecule has 3 fully saturated rings. The maximum atomic E-state index is 13.9. The average molecular weight is 786 g/mol. The minimum absolute atomic E-state index is 0.0317. The van der Waals surface area contributed by atoms with Gasteiger partial charge in [-0.25, -0.2) is 24.7 Å². The number of pyridine rings is 1. The first-order valence-electron chi connectivity index (χ1n) is 19.9. The Bertz CT molecular complexity index is 2040. The van der Waals surface area contributed by atoms with E-state index in [-0.39, 0.29) is 42.3 Å². The molecule has 2 amide bonds. The fraction of sp³-hybridized carbons (Fsp3) is 0.585. The molecule has 1 saturated heterocycles. The predicted octanol–water partition coefficient (Wildman–Crippen LogP) is 1.64. The number of aliphatic hydroxyl groups excluding tert-OH is 2. The molecule has 3 aliphatic heterocycles. The van der Waals surface area contributed by atoms with Crippen LogP contribution in [-0.2, 0) is 30.9 Å². The summed E-state index contributed by atoms with van der Waals surface area (Å²) >= 11 is 0. The van der Waals surface area contributed by atoms with Crippen molar-refractivity contribution in [1.82, 2.24) is 35.4 Å². The van der Waals surface area contributed by atoms with Gasteiger partial charge in [0.25, 0.3) is 0 Å². The standard InChI is InChI=1S/C41H55N9O7/c1-23-29(40(4)8-7-34(52)41(5,21-51)33(40)19-30(23)47-25(3)37(54)50-11-13-56-14-12-50)18-31(46-24(2)36(53)48-39-42-9-10-43-39)28-17-27(57-38(28)55)15-26-16-32-35(44-20-26)49(6)22-45-32/h9,15-17,20,22,24-25,29-31,33-34,46-47,51-52H,1,7-8,10-14,18-19,21H2,2-6H3,(H,43,48,53)/b27-15+/t24?,25?,29?,30?,31?,33?,34-,40-,41+/m1/s1. The molecule has 9 atom stereocenters. The Hall–Kier alpha value is -4.61. The third kappa shape index (κ3) is 7.97. The second-order valence-corrected chi connectivity index (χ2v) is 16.7. The molecule has 5 aliphatic rings. The van der Waals surface area contributed by atoms with Gasteiger partial charge in [0.1, 0.15) is 11.3 Å². The summed E-state index contributed by atoms with van der Waals surface area (Å²) in [6, 6.07) is -0.513. The zero-order chi connectivity index (χ0) is 40.6. The van der Waals surface area contributed by atoms with Crippen molar-refractivity contribution >= 4 is 47.2 Å². The van der Waals surface area contributed by atoms with Gasteiger partial charge >= 0.3 is 5.97 Å². The molecule has 5 N–H and O–H groups in total. The minimum atomic E-state index is -0.841. The number of hydrogen-bond donors (Lipinski definition) is 5. The number of allylic oxidation sites excluding steroid dienone is 1. The quantitative estimate of drug-likeness (QED) is 0.164. The molecule has 7 rings (SSSR count). The fourth-order valence-electron chi connectivity index (χ4n) is 9.67. The molecule has 6 unspecified atom stereocenters. The van der Waals surface area contributed by atoms with E-state index in [1.165, 1.54) is 0 Å². The highest BCUT2D eigenvalue weighted by Crippen LogP contribution is 2.62. The highest BCUT2D eigenvalue weighted by Gasteiger charge is 2.60. The number of aromatic nitrogens is 3. The number of aryl methyl sites for hydroxylation is 1. The van der Waals surface area contributed by atoms with Crippen molar-refractivity contribution < 1.29 is 34.1 Å². The van der Waals surface area contributed by atoms with Crippen LogP contribution in [-0.4, -0.2) is 129 Å². The lowest BCUT2D eigenvalue weighted by molar-refractivity contribution is -0.157. The highest BCUT2D eigenvalue weighted by atomic mass is 16.5. The van der Waals surface area contributed by atoms with Gasteiger partial charge in [0.05, 0.1) is 56.5 Å². The first-order chi connectivity index (χ1) is 27.2. The number of cyclic esters (lactones) is 1. The van der Waals surface area contributed by atoms with Gasteiger partial charge in [0.2, 0.25) is 17.8 Å². The van der Waals surface area contributed by atoms with Gasteiger partial charge < -0.3 is 29.2 Å². The normalized spacial score (nSPS) is 31.1. The fourth-order valence-corrected chi connectivity index (χ4v) is 9.67. The molecule has 306 valence electrons. The van der Waals surface area contributed by atoms with Gasteiger partial charge in [-0.15, -0.1) is 0 Å². The number of fused-ring (bicyclic) bond motifs is 2. The Kier molecular flexibility index (Phi) is 11.6. The Morgan fingerprint density at radius 3 is 2.67 bits per heavy atom. The summed E-state index contributed by atoms with van der Waals surface area (Å²) in [5, 5.41) is 32.1. The lowest BCUT2D eigenvalue weighted by atomic mass is 9.45. The number of carbonyl (C=O) groups excluding carboxylic acids is 3. The van der Waals surface area contributed by atoms with Gasteiger partial charge in [0, 0.05) is 50.0 Å². The van der Waals surface area contributed by atoms with Crippen LogP contribution in [0.15, 0.2) is 58.1 Å². The number of morpholine rings is 1. The Morgan fingerprint density at radius 2 is 1.95 bits per heavy atom. The van der Waals surface area contributed by atoms with Crippen molar-refractivity contribution in [2.75, 3.05) is 39.5 Å². The van der Waals surface area contributed by atoms with Crippen LogP contribution in [0.5, 0.6) is 0 Å². The zero-order valence-electron chi connectivity index (χ0n) is 33.4. The predicted molar refractivity (Wildman–Crippen MR) is 214 cm³/mol. The summed E-state index contributed by atoms with van der Waals surface area (Å²) in [6.07, 6.45) is 9.68. The molecule has 2 saturated carbocycles. The second-order valence-electron chi connectivity index (χ2n) is 16.7. The number of rotatable bonds is 11. The van der Waals surface area contributed by atoms with Gasteiger partial charge in [-0.3, -0.25) is 25.5 Å². The minimum Gasteiger partial charge on any atom is -0.423 e. The van der Waals surface area contributed by atoms with E-state index in [4.69, 9.17) is 9.47 Å². The number of esters is 1. The Labute approximate surface area is 332 Å². The van der Waals surface area contributed by atoms with Gasteiger partial charge in [-0.2, -0.15) is 0 Å². The van der Waals surface area contributed by atoms with Crippen LogP contribution >= 0.6 is 0 Å². The number of amides is 2. The van der Waals surface area contributed by atoms with E-state index in [0.29, 0.717) is 80.9 Å². The molecule has 0 aromatic carbocycles. The van der Waals surface area contributed by atoms with Crippen LogP contribution in [0.25, 0.3) is 17.2 Å². The maximum Gasteiger partial charge on any atom is 0.341 e. The number of nitrogens with zero attached hydrogens (tertiary/aromatic N) is 6. The van der Waals surface area contributed by atoms with Crippen molar-refractivity contribution in [3.05, 3.63) is 53.7 Å². The third-order valence-corrected chi connectivity index (χ3v) is 13.0.